The van der Waals surface area contributed by atoms with Gasteiger partial charge in [-0.2, -0.15) is 0 Å². The van der Waals surface area contributed by atoms with Crippen LogP contribution in [-0.4, -0.2) is 30.2 Å². The van der Waals surface area contributed by atoms with Crippen molar-refractivity contribution in [3.8, 4) is 0 Å². The fourth-order valence-electron chi connectivity index (χ4n) is 1.43. The molecule has 3 heterocycles. The first-order valence-electron chi connectivity index (χ1n) is 5.72. The Morgan fingerprint density at radius 3 is 2.84 bits per heavy atom. The van der Waals surface area contributed by atoms with Crippen LogP contribution < -0.4 is 0 Å². The average Bonchev–Trinajstić information content (AvgIpc) is 2.95. The summed E-state index contributed by atoms with van der Waals surface area (Å²) in [7, 11) is 0. The molecule has 0 unspecified atom stereocenters. The van der Waals surface area contributed by atoms with Crippen molar-refractivity contribution in [3.05, 3.63) is 23.2 Å². The highest BCUT2D eigenvalue weighted by atomic mass is 32.2. The van der Waals surface area contributed by atoms with Crippen molar-refractivity contribution in [3.63, 3.8) is 0 Å². The molecule has 98 valence electrons. The third kappa shape index (κ3) is 2.59. The number of fused-ring (bicyclic) bond motifs is 1. The average molecular weight is 292 g/mol. The van der Waals surface area contributed by atoms with Gasteiger partial charge in [0.05, 0.1) is 0 Å². The van der Waals surface area contributed by atoms with E-state index in [0.29, 0.717) is 5.65 Å². The molecule has 0 saturated heterocycles. The Morgan fingerprint density at radius 1 is 1.26 bits per heavy atom. The van der Waals surface area contributed by atoms with E-state index in [4.69, 9.17) is 0 Å². The molecule has 0 N–H and O–H groups in total. The van der Waals surface area contributed by atoms with Crippen LogP contribution in [0.3, 0.4) is 0 Å². The van der Waals surface area contributed by atoms with Crippen LogP contribution in [0.1, 0.15) is 25.6 Å². The topological polar surface area (TPSA) is 68.9 Å². The van der Waals surface area contributed by atoms with Gasteiger partial charge in [-0.3, -0.25) is 0 Å². The van der Waals surface area contributed by atoms with E-state index < -0.39 is 0 Å². The van der Waals surface area contributed by atoms with Crippen molar-refractivity contribution in [2.75, 3.05) is 0 Å². The number of thiazole rings is 1. The maximum Gasteiger partial charge on any atom is 0.200 e. The maximum atomic E-state index is 4.43. The Bertz CT molecular complexity index is 711. The molecular weight excluding hydrogens is 280 g/mol. The van der Waals surface area contributed by atoms with E-state index in [9.17, 15) is 0 Å². The van der Waals surface area contributed by atoms with Gasteiger partial charge in [0.15, 0.2) is 9.99 Å². The Hall–Kier alpha value is -1.54. The van der Waals surface area contributed by atoms with E-state index in [0.717, 1.165) is 9.37 Å². The molecule has 0 atom stereocenters. The van der Waals surface area contributed by atoms with Crippen molar-refractivity contribution >= 4 is 28.7 Å². The maximum absolute atomic E-state index is 4.43. The summed E-state index contributed by atoms with van der Waals surface area (Å²) in [5.74, 6) is 0. The number of hydrogen-bond donors (Lipinski definition) is 0. The fraction of sp³-hybridized carbons (Fsp3) is 0.364. The zero-order valence-electron chi connectivity index (χ0n) is 10.7. The summed E-state index contributed by atoms with van der Waals surface area (Å²) in [5, 5.41) is 16.3. The number of aromatic nitrogens is 6. The van der Waals surface area contributed by atoms with Gasteiger partial charge in [0, 0.05) is 11.1 Å². The molecule has 3 aromatic heterocycles. The molecule has 0 aliphatic carbocycles. The van der Waals surface area contributed by atoms with Crippen LogP contribution in [0.15, 0.2) is 27.7 Å². The van der Waals surface area contributed by atoms with E-state index in [1.165, 1.54) is 21.3 Å². The molecule has 6 nitrogen and oxygen atoms in total. The monoisotopic (exact) mass is 292 g/mol. The second kappa shape index (κ2) is 4.53. The molecule has 0 fully saturated rings. The van der Waals surface area contributed by atoms with Crippen molar-refractivity contribution in [1.29, 1.82) is 0 Å². The zero-order valence-corrected chi connectivity index (χ0v) is 12.4. The van der Waals surface area contributed by atoms with Gasteiger partial charge >= 0.3 is 0 Å². The summed E-state index contributed by atoms with van der Waals surface area (Å²) in [6, 6.07) is 3.74. The molecule has 0 aliphatic rings. The highest BCUT2D eigenvalue weighted by Gasteiger charge is 2.17. The van der Waals surface area contributed by atoms with Gasteiger partial charge in [0.2, 0.25) is 0 Å². The van der Waals surface area contributed by atoms with Gasteiger partial charge in [0.25, 0.3) is 0 Å². The van der Waals surface area contributed by atoms with Gasteiger partial charge < -0.3 is 0 Å². The molecule has 8 heteroatoms. The number of tetrazole rings is 1. The van der Waals surface area contributed by atoms with Crippen LogP contribution in [0.4, 0.5) is 0 Å². The summed E-state index contributed by atoms with van der Waals surface area (Å²) in [4.78, 5) is 5.69. The molecule has 0 aliphatic heterocycles. The SMILES string of the molecule is CC(C)(C)c1cnc(Sc2ccc3nnnn3n2)s1. The van der Waals surface area contributed by atoms with Gasteiger partial charge in [-0.1, -0.05) is 20.8 Å². The van der Waals surface area contributed by atoms with Crippen LogP contribution >= 0.6 is 23.1 Å². The van der Waals surface area contributed by atoms with Gasteiger partial charge in [-0.25, -0.2) is 4.98 Å². The summed E-state index contributed by atoms with van der Waals surface area (Å²) >= 11 is 3.22. The Balaban J connectivity index is 1.86. The van der Waals surface area contributed by atoms with Crippen LogP contribution in [0.5, 0.6) is 0 Å². The van der Waals surface area contributed by atoms with E-state index in [1.54, 1.807) is 11.3 Å². The summed E-state index contributed by atoms with van der Waals surface area (Å²) in [5.41, 5.74) is 0.766. The second-order valence-electron chi connectivity index (χ2n) is 5.04. The lowest BCUT2D eigenvalue weighted by Crippen LogP contribution is -2.07. The lowest BCUT2D eigenvalue weighted by molar-refractivity contribution is 0.602. The Labute approximate surface area is 118 Å². The van der Waals surface area contributed by atoms with Crippen LogP contribution in [-0.2, 0) is 5.41 Å². The molecule has 3 rings (SSSR count). The van der Waals surface area contributed by atoms with Crippen LogP contribution in [0.2, 0.25) is 0 Å². The number of nitrogens with zero attached hydrogens (tertiary/aromatic N) is 6. The third-order valence-corrected chi connectivity index (χ3v) is 4.89. The predicted molar refractivity (Wildman–Crippen MR) is 73.5 cm³/mol. The quantitative estimate of drug-likeness (QED) is 0.722. The highest BCUT2D eigenvalue weighted by Crippen LogP contribution is 2.34. The largest absolute Gasteiger partial charge is 0.237 e. The molecule has 0 spiro atoms. The molecule has 0 radical (unpaired) electrons. The van der Waals surface area contributed by atoms with E-state index in [-0.39, 0.29) is 5.41 Å². The summed E-state index contributed by atoms with van der Waals surface area (Å²) in [6.07, 6.45) is 1.93. The smallest absolute Gasteiger partial charge is 0.200 e. The van der Waals surface area contributed by atoms with Gasteiger partial charge in [-0.15, -0.1) is 26.2 Å². The molecule has 3 aromatic rings. The molecule has 19 heavy (non-hydrogen) atoms. The molecule has 0 aromatic carbocycles. The molecule has 0 saturated carbocycles. The van der Waals surface area contributed by atoms with Crippen molar-refractivity contribution < 1.29 is 0 Å². The van der Waals surface area contributed by atoms with Gasteiger partial charge in [0.1, 0.15) is 5.03 Å². The summed E-state index contributed by atoms with van der Waals surface area (Å²) < 4.78 is 2.39. The number of hydrogen-bond acceptors (Lipinski definition) is 7. The van der Waals surface area contributed by atoms with Crippen LogP contribution in [0, 0.1) is 0 Å². The lowest BCUT2D eigenvalue weighted by Gasteiger charge is -2.14. The Morgan fingerprint density at radius 2 is 2.11 bits per heavy atom. The number of rotatable bonds is 2. The Kier molecular flexibility index (Phi) is 2.98. The highest BCUT2D eigenvalue weighted by molar-refractivity contribution is 8.01. The summed E-state index contributed by atoms with van der Waals surface area (Å²) in [6.45, 7) is 6.54. The van der Waals surface area contributed by atoms with E-state index >= 15 is 0 Å². The normalized spacial score (nSPS) is 12.2. The first kappa shape index (κ1) is 12.5. The van der Waals surface area contributed by atoms with Crippen molar-refractivity contribution in [1.82, 2.24) is 30.2 Å². The fourth-order valence-corrected chi connectivity index (χ4v) is 3.37. The minimum absolute atomic E-state index is 0.129. The van der Waals surface area contributed by atoms with Crippen molar-refractivity contribution in [2.24, 2.45) is 0 Å². The zero-order chi connectivity index (χ0) is 13.5. The van der Waals surface area contributed by atoms with Crippen LogP contribution in [0.25, 0.3) is 5.65 Å². The third-order valence-electron chi connectivity index (χ3n) is 2.46. The predicted octanol–water partition coefficient (Wildman–Crippen LogP) is 2.42. The molecule has 0 bridgehead atoms. The van der Waals surface area contributed by atoms with Gasteiger partial charge in [-0.05, 0) is 39.7 Å². The lowest BCUT2D eigenvalue weighted by atomic mass is 9.96. The molecule has 0 amide bonds. The minimum Gasteiger partial charge on any atom is -0.237 e. The first-order valence-corrected chi connectivity index (χ1v) is 7.35. The first-order chi connectivity index (χ1) is 9.02. The standard InChI is InChI=1S/C11H12N6S2/c1-11(2,3)7-6-12-10(18-7)19-9-5-4-8-13-15-16-17(8)14-9/h4-6H,1-3H3. The second-order valence-corrected chi connectivity index (χ2v) is 7.34. The van der Waals surface area contributed by atoms with E-state index in [2.05, 4.69) is 46.4 Å². The minimum atomic E-state index is 0.129. The van der Waals surface area contributed by atoms with Crippen molar-refractivity contribution in [2.45, 2.75) is 35.6 Å². The molecular formula is C11H12N6S2. The van der Waals surface area contributed by atoms with E-state index in [1.807, 2.05) is 18.3 Å².